The number of hydrogen-bond donors (Lipinski definition) is 0. The van der Waals surface area contributed by atoms with Gasteiger partial charge in [-0.25, -0.2) is 9.79 Å². The van der Waals surface area contributed by atoms with Crippen molar-refractivity contribution < 1.29 is 23.7 Å². The zero-order chi connectivity index (χ0) is 28.9. The molecule has 4 aromatic rings. The minimum absolute atomic E-state index is 0.198. The monoisotopic (exact) mass is 570 g/mol. The molecule has 1 aliphatic rings. The summed E-state index contributed by atoms with van der Waals surface area (Å²) in [5.41, 5.74) is 3.14. The summed E-state index contributed by atoms with van der Waals surface area (Å²) in [4.78, 5) is 32.1. The molecule has 0 aliphatic carbocycles. The SMILES string of the molecule is CCOC(=O)C1=C(C)N=c2s/c(=C/c3ccc(OCc4ccccc4)cc3)c(=O)n2[C@H]1c1ccc(OC)c(OC)c1. The van der Waals surface area contributed by atoms with Crippen molar-refractivity contribution in [3.05, 3.63) is 120 Å². The van der Waals surface area contributed by atoms with Gasteiger partial charge in [-0.05, 0) is 60.9 Å². The van der Waals surface area contributed by atoms with Crippen LogP contribution < -0.4 is 29.1 Å². The maximum atomic E-state index is 13.9. The highest BCUT2D eigenvalue weighted by atomic mass is 32.1. The molecule has 210 valence electrons. The van der Waals surface area contributed by atoms with Crippen LogP contribution in [-0.2, 0) is 16.1 Å². The van der Waals surface area contributed by atoms with Crippen molar-refractivity contribution in [1.82, 2.24) is 4.57 Å². The van der Waals surface area contributed by atoms with Crippen LogP contribution in [0, 0.1) is 0 Å². The lowest BCUT2D eigenvalue weighted by Crippen LogP contribution is -2.39. The number of benzene rings is 3. The first-order valence-electron chi connectivity index (χ1n) is 13.1. The second kappa shape index (κ2) is 12.3. The van der Waals surface area contributed by atoms with Crippen molar-refractivity contribution in [2.24, 2.45) is 4.99 Å². The second-order valence-electron chi connectivity index (χ2n) is 9.26. The molecular weight excluding hydrogens is 540 g/mol. The fraction of sp³-hybridized carbons (Fsp3) is 0.219. The molecule has 0 saturated heterocycles. The smallest absolute Gasteiger partial charge is 0.338 e. The molecule has 41 heavy (non-hydrogen) atoms. The van der Waals surface area contributed by atoms with Crippen LogP contribution in [0.25, 0.3) is 6.08 Å². The number of esters is 1. The molecule has 1 aliphatic heterocycles. The van der Waals surface area contributed by atoms with E-state index in [0.717, 1.165) is 16.9 Å². The van der Waals surface area contributed by atoms with Crippen molar-refractivity contribution in [2.75, 3.05) is 20.8 Å². The van der Waals surface area contributed by atoms with E-state index in [1.54, 1.807) is 44.8 Å². The van der Waals surface area contributed by atoms with E-state index < -0.39 is 12.0 Å². The van der Waals surface area contributed by atoms with Crippen LogP contribution >= 0.6 is 11.3 Å². The van der Waals surface area contributed by atoms with Gasteiger partial charge in [-0.2, -0.15) is 0 Å². The minimum Gasteiger partial charge on any atom is -0.493 e. The number of thiazole rings is 1. The highest BCUT2D eigenvalue weighted by Gasteiger charge is 2.33. The highest BCUT2D eigenvalue weighted by Crippen LogP contribution is 2.36. The van der Waals surface area contributed by atoms with Crippen LogP contribution in [-0.4, -0.2) is 31.4 Å². The number of methoxy groups -OCH3 is 2. The van der Waals surface area contributed by atoms with Gasteiger partial charge in [0.25, 0.3) is 5.56 Å². The third kappa shape index (κ3) is 5.81. The van der Waals surface area contributed by atoms with E-state index in [2.05, 4.69) is 4.99 Å². The Morgan fingerprint density at radius 1 is 1.00 bits per heavy atom. The summed E-state index contributed by atoms with van der Waals surface area (Å²) in [6.07, 6.45) is 1.82. The van der Waals surface area contributed by atoms with Gasteiger partial charge in [-0.3, -0.25) is 9.36 Å². The van der Waals surface area contributed by atoms with Crippen molar-refractivity contribution in [3.8, 4) is 17.2 Å². The number of carbonyl (C=O) groups excluding carboxylic acids is 1. The van der Waals surface area contributed by atoms with Crippen LogP contribution in [0.5, 0.6) is 17.2 Å². The van der Waals surface area contributed by atoms with Gasteiger partial charge >= 0.3 is 5.97 Å². The standard InChI is InChI=1S/C32H30N2O6S/c1-5-39-31(36)28-20(2)33-32-34(29(28)23-13-16-25(37-3)26(18-23)38-4)30(35)27(41-32)17-21-11-14-24(15-12-21)40-19-22-9-7-6-8-10-22/h6-18,29H,5,19H2,1-4H3/b27-17+/t29-/m0/s1. The van der Waals surface area contributed by atoms with Crippen molar-refractivity contribution in [2.45, 2.75) is 26.5 Å². The van der Waals surface area contributed by atoms with Crippen molar-refractivity contribution in [1.29, 1.82) is 0 Å². The summed E-state index contributed by atoms with van der Waals surface area (Å²) in [7, 11) is 3.09. The maximum absolute atomic E-state index is 13.9. The van der Waals surface area contributed by atoms with E-state index >= 15 is 0 Å². The number of allylic oxidation sites excluding steroid dienone is 1. The fourth-order valence-corrected chi connectivity index (χ4v) is 5.73. The Hall–Kier alpha value is -4.63. The Labute approximate surface area is 241 Å². The van der Waals surface area contributed by atoms with E-state index in [-0.39, 0.29) is 12.2 Å². The lowest BCUT2D eigenvalue weighted by atomic mass is 9.95. The summed E-state index contributed by atoms with van der Waals surface area (Å²) in [6.45, 7) is 4.17. The van der Waals surface area contributed by atoms with Crippen LogP contribution in [0.2, 0.25) is 0 Å². The molecule has 0 N–H and O–H groups in total. The van der Waals surface area contributed by atoms with Gasteiger partial charge in [-0.15, -0.1) is 0 Å². The molecule has 0 spiro atoms. The largest absolute Gasteiger partial charge is 0.493 e. The molecular formula is C32H30N2O6S. The summed E-state index contributed by atoms with van der Waals surface area (Å²) >= 11 is 1.27. The summed E-state index contributed by atoms with van der Waals surface area (Å²) in [5.74, 6) is 1.24. The molecule has 9 heteroatoms. The Kier molecular flexibility index (Phi) is 8.35. The molecule has 5 rings (SSSR count). The lowest BCUT2D eigenvalue weighted by Gasteiger charge is -2.25. The summed E-state index contributed by atoms with van der Waals surface area (Å²) in [6, 6.07) is 22.1. The highest BCUT2D eigenvalue weighted by molar-refractivity contribution is 7.07. The predicted octanol–water partition coefficient (Wildman–Crippen LogP) is 4.39. The topological polar surface area (TPSA) is 88.4 Å². The Morgan fingerprint density at radius 3 is 2.41 bits per heavy atom. The third-order valence-electron chi connectivity index (χ3n) is 6.67. The van der Waals surface area contributed by atoms with Gasteiger partial charge in [0.05, 0.1) is 42.7 Å². The van der Waals surface area contributed by atoms with E-state index in [4.69, 9.17) is 18.9 Å². The van der Waals surface area contributed by atoms with Crippen LogP contribution in [0.4, 0.5) is 0 Å². The number of rotatable bonds is 9. The van der Waals surface area contributed by atoms with Crippen molar-refractivity contribution in [3.63, 3.8) is 0 Å². The number of carbonyl (C=O) groups is 1. The number of aromatic nitrogens is 1. The summed E-state index contributed by atoms with van der Waals surface area (Å²) < 4.78 is 24.2. The van der Waals surface area contributed by atoms with Gasteiger partial charge in [0.2, 0.25) is 0 Å². The van der Waals surface area contributed by atoms with Gasteiger partial charge in [-0.1, -0.05) is 59.9 Å². The first kappa shape index (κ1) is 27.9. The summed E-state index contributed by atoms with van der Waals surface area (Å²) in [5, 5.41) is 0. The molecule has 1 aromatic heterocycles. The number of nitrogens with zero attached hydrogens (tertiary/aromatic N) is 2. The molecule has 0 amide bonds. The molecule has 0 unspecified atom stereocenters. The fourth-order valence-electron chi connectivity index (χ4n) is 4.68. The van der Waals surface area contributed by atoms with Gasteiger partial charge < -0.3 is 18.9 Å². The average Bonchev–Trinajstić information content (AvgIpc) is 3.30. The van der Waals surface area contributed by atoms with E-state index in [1.165, 1.54) is 11.3 Å². The van der Waals surface area contributed by atoms with E-state index in [9.17, 15) is 9.59 Å². The van der Waals surface area contributed by atoms with E-state index in [1.807, 2.05) is 66.7 Å². The lowest BCUT2D eigenvalue weighted by molar-refractivity contribution is -0.139. The molecule has 3 aromatic carbocycles. The molecule has 2 heterocycles. The number of fused-ring (bicyclic) bond motifs is 1. The second-order valence-corrected chi connectivity index (χ2v) is 10.3. The molecule has 0 bridgehead atoms. The van der Waals surface area contributed by atoms with Gasteiger partial charge in [0.15, 0.2) is 16.3 Å². The number of ether oxygens (including phenoxy) is 4. The molecule has 8 nitrogen and oxygen atoms in total. The van der Waals surface area contributed by atoms with Gasteiger partial charge in [0, 0.05) is 0 Å². The molecule has 1 atom stereocenters. The Balaban J connectivity index is 1.54. The average molecular weight is 571 g/mol. The van der Waals surface area contributed by atoms with Crippen LogP contribution in [0.15, 0.2) is 93.9 Å². The van der Waals surface area contributed by atoms with Crippen LogP contribution in [0.3, 0.4) is 0 Å². The normalized spacial score (nSPS) is 14.7. The third-order valence-corrected chi connectivity index (χ3v) is 7.65. The first-order chi connectivity index (χ1) is 19.9. The van der Waals surface area contributed by atoms with Crippen molar-refractivity contribution >= 4 is 23.4 Å². The maximum Gasteiger partial charge on any atom is 0.338 e. The zero-order valence-electron chi connectivity index (χ0n) is 23.2. The zero-order valence-corrected chi connectivity index (χ0v) is 24.1. The van der Waals surface area contributed by atoms with E-state index in [0.29, 0.717) is 44.3 Å². The Morgan fingerprint density at radius 2 is 1.73 bits per heavy atom. The predicted molar refractivity (Wildman–Crippen MR) is 157 cm³/mol. The quantitative estimate of drug-likeness (QED) is 0.277. The molecule has 0 saturated carbocycles. The van der Waals surface area contributed by atoms with Gasteiger partial charge in [0.1, 0.15) is 12.4 Å². The first-order valence-corrected chi connectivity index (χ1v) is 13.9. The van der Waals surface area contributed by atoms with Crippen LogP contribution in [0.1, 0.15) is 36.6 Å². The minimum atomic E-state index is -0.749. The molecule has 0 fully saturated rings. The molecule has 0 radical (unpaired) electrons. The Bertz CT molecular complexity index is 1770. The number of hydrogen-bond acceptors (Lipinski definition) is 8.